The van der Waals surface area contributed by atoms with Crippen molar-refractivity contribution in [3.63, 3.8) is 0 Å². The van der Waals surface area contributed by atoms with Crippen LogP contribution in [0.2, 0.25) is 0 Å². The molecular formula is C30H32F2N2O3. The summed E-state index contributed by atoms with van der Waals surface area (Å²) < 4.78 is 29.9. The first-order valence-corrected chi connectivity index (χ1v) is 12.4. The lowest BCUT2D eigenvalue weighted by Gasteiger charge is -2.23. The highest BCUT2D eigenvalue weighted by molar-refractivity contribution is 5.80. The summed E-state index contributed by atoms with van der Waals surface area (Å²) in [5.74, 6) is -0.823. The van der Waals surface area contributed by atoms with E-state index in [1.54, 1.807) is 55.7 Å². The average molecular weight is 507 g/mol. The Bertz CT molecular complexity index is 1390. The molecule has 0 amide bonds. The van der Waals surface area contributed by atoms with Crippen LogP contribution in [0.1, 0.15) is 63.4 Å². The van der Waals surface area contributed by atoms with Gasteiger partial charge < -0.3 is 10.2 Å². The monoisotopic (exact) mass is 506 g/mol. The maximum atomic E-state index is 14.1. The molecule has 0 radical (unpaired) electrons. The molecule has 4 rings (SSSR count). The van der Waals surface area contributed by atoms with E-state index in [9.17, 15) is 23.8 Å². The van der Waals surface area contributed by atoms with E-state index in [1.807, 2.05) is 18.2 Å². The number of fused-ring (bicyclic) bond motifs is 1. The third-order valence-electron chi connectivity index (χ3n) is 6.58. The molecule has 0 saturated carbocycles. The lowest BCUT2D eigenvalue weighted by atomic mass is 9.89. The number of nitrogens with zero attached hydrogens (tertiary/aromatic N) is 2. The summed E-state index contributed by atoms with van der Waals surface area (Å²) in [5.41, 5.74) is 0.602. The normalized spacial score (nSPS) is 13.6. The molecule has 7 heteroatoms. The molecule has 37 heavy (non-hydrogen) atoms. The second-order valence-corrected chi connectivity index (χ2v) is 10.3. The first-order valence-electron chi connectivity index (χ1n) is 12.4. The number of aliphatic hydroxyl groups is 2. The van der Waals surface area contributed by atoms with E-state index >= 15 is 0 Å². The number of carbonyl (C=O) groups excluding carboxylic acids is 1. The Balaban J connectivity index is 1.52. The van der Waals surface area contributed by atoms with Gasteiger partial charge in [0, 0.05) is 25.3 Å². The lowest BCUT2D eigenvalue weighted by molar-refractivity contribution is -0.123. The third-order valence-corrected chi connectivity index (χ3v) is 6.58. The molecule has 0 unspecified atom stereocenters. The van der Waals surface area contributed by atoms with Crippen LogP contribution < -0.4 is 0 Å². The van der Waals surface area contributed by atoms with Gasteiger partial charge >= 0.3 is 0 Å². The maximum Gasteiger partial charge on any atom is 0.136 e. The topological polar surface area (TPSA) is 75.3 Å². The molecule has 5 nitrogen and oxygen atoms in total. The Hall–Kier alpha value is -3.42. The predicted octanol–water partition coefficient (Wildman–Crippen LogP) is 6.11. The fourth-order valence-electron chi connectivity index (χ4n) is 4.61. The van der Waals surface area contributed by atoms with Gasteiger partial charge in [0.05, 0.1) is 27.9 Å². The van der Waals surface area contributed by atoms with Gasteiger partial charge in [-0.2, -0.15) is 0 Å². The average Bonchev–Trinajstić information content (AvgIpc) is 3.18. The number of ketones is 1. The Kier molecular flexibility index (Phi) is 7.57. The van der Waals surface area contributed by atoms with Crippen LogP contribution in [0.25, 0.3) is 16.7 Å². The Labute approximate surface area is 215 Å². The first-order chi connectivity index (χ1) is 17.4. The minimum Gasteiger partial charge on any atom is -0.386 e. The molecule has 2 N–H and O–H groups in total. The zero-order valence-corrected chi connectivity index (χ0v) is 21.3. The molecule has 0 bridgehead atoms. The van der Waals surface area contributed by atoms with Crippen LogP contribution in [0, 0.1) is 11.6 Å². The van der Waals surface area contributed by atoms with E-state index in [0.29, 0.717) is 59.4 Å². The minimum absolute atomic E-state index is 0.0256. The molecule has 1 heterocycles. The summed E-state index contributed by atoms with van der Waals surface area (Å²) >= 11 is 0. The fraction of sp³-hybridized carbons (Fsp3) is 0.333. The van der Waals surface area contributed by atoms with Crippen LogP contribution in [0.3, 0.4) is 0 Å². The van der Waals surface area contributed by atoms with Gasteiger partial charge in [-0.05, 0) is 69.0 Å². The molecule has 0 saturated heterocycles. The van der Waals surface area contributed by atoms with Crippen LogP contribution in [-0.2, 0) is 22.4 Å². The highest BCUT2D eigenvalue weighted by Gasteiger charge is 2.26. The third kappa shape index (κ3) is 6.29. The van der Waals surface area contributed by atoms with E-state index in [1.165, 1.54) is 12.1 Å². The number of unbranched alkanes of at least 4 members (excludes halogenated alkanes) is 1. The molecule has 1 atom stereocenters. The number of benzene rings is 3. The molecule has 1 aromatic heterocycles. The van der Waals surface area contributed by atoms with Crippen molar-refractivity contribution in [2.24, 2.45) is 0 Å². The predicted molar refractivity (Wildman–Crippen MR) is 139 cm³/mol. The maximum absolute atomic E-state index is 14.1. The number of carbonyl (C=O) groups is 1. The summed E-state index contributed by atoms with van der Waals surface area (Å²) in [4.78, 5) is 17.3. The molecular weight excluding hydrogens is 474 g/mol. The van der Waals surface area contributed by atoms with Crippen molar-refractivity contribution in [2.45, 2.75) is 64.1 Å². The molecule has 0 aliphatic rings. The van der Waals surface area contributed by atoms with Gasteiger partial charge in [-0.15, -0.1) is 0 Å². The minimum atomic E-state index is -1.23. The van der Waals surface area contributed by atoms with Crippen molar-refractivity contribution in [3.05, 3.63) is 95.3 Å². The summed E-state index contributed by atoms with van der Waals surface area (Å²) in [6.07, 6.45) is 2.02. The summed E-state index contributed by atoms with van der Waals surface area (Å²) in [5, 5.41) is 21.2. The second kappa shape index (κ2) is 10.5. The van der Waals surface area contributed by atoms with Gasteiger partial charge in [0.2, 0.25) is 0 Å². The van der Waals surface area contributed by atoms with Crippen molar-refractivity contribution in [3.8, 4) is 5.69 Å². The van der Waals surface area contributed by atoms with Gasteiger partial charge in [0.15, 0.2) is 0 Å². The van der Waals surface area contributed by atoms with Gasteiger partial charge in [-0.1, -0.05) is 36.4 Å². The summed E-state index contributed by atoms with van der Waals surface area (Å²) in [7, 11) is 0. The molecule has 3 aromatic carbocycles. The lowest BCUT2D eigenvalue weighted by Crippen LogP contribution is -2.25. The quantitative estimate of drug-likeness (QED) is 0.255. The zero-order chi connectivity index (χ0) is 26.8. The molecule has 4 aromatic rings. The standard InChI is InChI=1S/C30H32F2N2O3/c1-29(2,36)21-13-14-26-27(15-21)34(24-17-22(31)16-23(32)18-24)28(33-26)12-8-7-11-25(35)19-30(3,37)20-9-5-4-6-10-20/h4-6,9-10,13-18,36-37H,7-8,11-12,19H2,1-3H3/t30-/m0/s1. The van der Waals surface area contributed by atoms with Crippen LogP contribution in [-0.4, -0.2) is 25.5 Å². The highest BCUT2D eigenvalue weighted by atomic mass is 19.1. The van der Waals surface area contributed by atoms with Crippen LogP contribution >= 0.6 is 0 Å². The zero-order valence-electron chi connectivity index (χ0n) is 21.3. The van der Waals surface area contributed by atoms with E-state index < -0.39 is 22.8 Å². The molecule has 0 aliphatic carbocycles. The van der Waals surface area contributed by atoms with E-state index in [-0.39, 0.29) is 12.2 Å². The van der Waals surface area contributed by atoms with Crippen molar-refractivity contribution in [1.82, 2.24) is 9.55 Å². The SMILES string of the molecule is CC(C)(O)c1ccc2nc(CCCCC(=O)C[C@](C)(O)c3ccccc3)n(-c3cc(F)cc(F)c3)c2c1. The Morgan fingerprint density at radius 3 is 2.22 bits per heavy atom. The summed E-state index contributed by atoms with van der Waals surface area (Å²) in [6, 6.07) is 17.8. The van der Waals surface area contributed by atoms with Gasteiger partial charge in [0.1, 0.15) is 23.2 Å². The smallest absolute Gasteiger partial charge is 0.136 e. The highest BCUT2D eigenvalue weighted by Crippen LogP contribution is 2.29. The van der Waals surface area contributed by atoms with E-state index in [4.69, 9.17) is 4.98 Å². The first kappa shape index (κ1) is 26.6. The van der Waals surface area contributed by atoms with E-state index in [2.05, 4.69) is 0 Å². The largest absolute Gasteiger partial charge is 0.386 e. The van der Waals surface area contributed by atoms with Crippen molar-refractivity contribution in [1.29, 1.82) is 0 Å². The molecule has 194 valence electrons. The number of aryl methyl sites for hydroxylation is 1. The fourth-order valence-corrected chi connectivity index (χ4v) is 4.61. The number of rotatable bonds is 10. The number of aromatic nitrogens is 2. The van der Waals surface area contributed by atoms with Crippen molar-refractivity contribution >= 4 is 16.8 Å². The number of hydrogen-bond donors (Lipinski definition) is 2. The summed E-state index contributed by atoms with van der Waals surface area (Å²) in [6.45, 7) is 4.98. The van der Waals surface area contributed by atoms with Crippen LogP contribution in [0.15, 0.2) is 66.7 Å². The number of hydrogen-bond acceptors (Lipinski definition) is 4. The number of Topliss-reactive ketones (excluding diaryl/α,β-unsaturated/α-hetero) is 1. The van der Waals surface area contributed by atoms with Crippen molar-refractivity contribution < 1.29 is 23.8 Å². The van der Waals surface area contributed by atoms with Gasteiger partial charge in [-0.3, -0.25) is 9.36 Å². The van der Waals surface area contributed by atoms with Gasteiger partial charge in [0.25, 0.3) is 0 Å². The second-order valence-electron chi connectivity index (χ2n) is 10.3. The van der Waals surface area contributed by atoms with Crippen LogP contribution in [0.4, 0.5) is 8.78 Å². The molecule has 0 spiro atoms. The number of halogens is 2. The van der Waals surface area contributed by atoms with Gasteiger partial charge in [-0.25, -0.2) is 13.8 Å². The van der Waals surface area contributed by atoms with Crippen molar-refractivity contribution in [2.75, 3.05) is 0 Å². The van der Waals surface area contributed by atoms with E-state index in [0.717, 1.165) is 6.07 Å². The van der Waals surface area contributed by atoms with Crippen LogP contribution in [0.5, 0.6) is 0 Å². The molecule has 0 aliphatic heterocycles. The number of imidazole rings is 1. The Morgan fingerprint density at radius 1 is 0.892 bits per heavy atom. The molecule has 0 fully saturated rings. The Morgan fingerprint density at radius 2 is 1.57 bits per heavy atom.